The number of nitrogens with zero attached hydrogens (tertiary/aromatic N) is 3. The van der Waals surface area contributed by atoms with Gasteiger partial charge in [0.25, 0.3) is 0 Å². The molecule has 20 heavy (non-hydrogen) atoms. The van der Waals surface area contributed by atoms with Gasteiger partial charge in [0.15, 0.2) is 10.4 Å². The molecule has 0 amide bonds. The Hall–Kier alpha value is -1.95. The molecule has 0 bridgehead atoms. The second-order valence-corrected chi connectivity index (χ2v) is 5.42. The zero-order chi connectivity index (χ0) is 14.4. The quantitative estimate of drug-likeness (QED) is 0.732. The van der Waals surface area contributed by atoms with Gasteiger partial charge in [0.1, 0.15) is 5.76 Å². The van der Waals surface area contributed by atoms with Crippen molar-refractivity contribution in [3.8, 4) is 0 Å². The van der Waals surface area contributed by atoms with Crippen LogP contribution in [0.4, 0.5) is 0 Å². The molecular weight excluding hydrogens is 272 g/mol. The van der Waals surface area contributed by atoms with Crippen molar-refractivity contribution in [3.63, 3.8) is 0 Å². The first-order valence-electron chi connectivity index (χ1n) is 6.49. The third-order valence-electron chi connectivity index (χ3n) is 3.60. The highest BCUT2D eigenvalue weighted by Gasteiger charge is 2.21. The summed E-state index contributed by atoms with van der Waals surface area (Å²) in [6, 6.07) is 4.00. The highest BCUT2D eigenvalue weighted by Crippen LogP contribution is 2.28. The lowest BCUT2D eigenvalue weighted by molar-refractivity contribution is 0.391. The van der Waals surface area contributed by atoms with Crippen molar-refractivity contribution >= 4 is 23.4 Å². The lowest BCUT2D eigenvalue weighted by atomic mass is 10.1. The Morgan fingerprint density at radius 1 is 1.30 bits per heavy atom. The number of aromatic amines is 1. The molecule has 6 heteroatoms. The number of aryl methyl sites for hydroxylation is 3. The van der Waals surface area contributed by atoms with Gasteiger partial charge in [-0.25, -0.2) is 4.98 Å². The van der Waals surface area contributed by atoms with Crippen LogP contribution >= 0.6 is 12.2 Å². The lowest BCUT2D eigenvalue weighted by Crippen LogP contribution is -2.09. The molecule has 0 aliphatic heterocycles. The fourth-order valence-corrected chi connectivity index (χ4v) is 3.03. The number of aromatic nitrogens is 4. The van der Waals surface area contributed by atoms with Crippen molar-refractivity contribution in [1.82, 2.24) is 19.7 Å². The molecule has 0 fully saturated rings. The molecule has 0 radical (unpaired) electrons. The molecule has 3 heterocycles. The first-order valence-corrected chi connectivity index (χ1v) is 6.90. The number of hydrogen-bond donors (Lipinski definition) is 1. The molecular formula is C14H16N4OS. The zero-order valence-electron chi connectivity index (χ0n) is 11.9. The number of nitrogens with one attached hydrogen (secondary N) is 1. The molecule has 0 aliphatic carbocycles. The number of imidazole rings is 1. The Labute approximate surface area is 121 Å². The van der Waals surface area contributed by atoms with Crippen LogP contribution in [0.25, 0.3) is 11.2 Å². The first-order chi connectivity index (χ1) is 9.49. The first kappa shape index (κ1) is 13.1. The molecule has 3 rings (SSSR count). The molecule has 3 aromatic rings. The number of H-pyrrole nitrogens is 1. The Kier molecular flexibility index (Phi) is 2.97. The average molecular weight is 288 g/mol. The van der Waals surface area contributed by atoms with Crippen molar-refractivity contribution in [2.75, 3.05) is 0 Å². The predicted molar refractivity (Wildman–Crippen MR) is 79.4 cm³/mol. The SMILES string of the molecule is Cc1ccc2[nH]c(=S)n(C(C)c3c(C)noc3C)c2n1. The second-order valence-electron chi connectivity index (χ2n) is 5.04. The molecule has 104 valence electrons. The number of hydrogen-bond acceptors (Lipinski definition) is 4. The minimum Gasteiger partial charge on any atom is -0.361 e. The van der Waals surface area contributed by atoms with Crippen LogP contribution in [0.5, 0.6) is 0 Å². The number of fused-ring (bicyclic) bond motifs is 1. The maximum Gasteiger partial charge on any atom is 0.179 e. The fourth-order valence-electron chi connectivity index (χ4n) is 2.67. The fraction of sp³-hybridized carbons (Fsp3) is 0.357. The van der Waals surface area contributed by atoms with Crippen LogP contribution in [0.2, 0.25) is 0 Å². The van der Waals surface area contributed by atoms with E-state index in [0.29, 0.717) is 4.77 Å². The summed E-state index contributed by atoms with van der Waals surface area (Å²) < 4.78 is 7.94. The summed E-state index contributed by atoms with van der Waals surface area (Å²) in [5.74, 6) is 0.818. The molecule has 1 unspecified atom stereocenters. The van der Waals surface area contributed by atoms with E-state index in [1.165, 1.54) is 0 Å². The molecule has 0 saturated carbocycles. The van der Waals surface area contributed by atoms with Gasteiger partial charge in [0.05, 0.1) is 17.3 Å². The number of rotatable bonds is 2. The Balaban J connectivity index is 2.26. The van der Waals surface area contributed by atoms with Gasteiger partial charge in [-0.15, -0.1) is 0 Å². The van der Waals surface area contributed by atoms with E-state index < -0.39 is 0 Å². The topological polar surface area (TPSA) is 59.6 Å². The summed E-state index contributed by atoms with van der Waals surface area (Å²) in [4.78, 5) is 7.80. The summed E-state index contributed by atoms with van der Waals surface area (Å²) >= 11 is 5.45. The monoisotopic (exact) mass is 288 g/mol. The van der Waals surface area contributed by atoms with Crippen molar-refractivity contribution in [2.45, 2.75) is 33.7 Å². The van der Waals surface area contributed by atoms with Gasteiger partial charge in [-0.1, -0.05) is 5.16 Å². The van der Waals surface area contributed by atoms with Crippen LogP contribution in [-0.2, 0) is 0 Å². The minimum absolute atomic E-state index is 0.0248. The largest absolute Gasteiger partial charge is 0.361 e. The third-order valence-corrected chi connectivity index (χ3v) is 3.90. The van der Waals surface area contributed by atoms with Crippen LogP contribution in [0, 0.1) is 25.5 Å². The molecule has 1 atom stereocenters. The van der Waals surface area contributed by atoms with Crippen LogP contribution in [0.3, 0.4) is 0 Å². The van der Waals surface area contributed by atoms with Crippen LogP contribution < -0.4 is 0 Å². The van der Waals surface area contributed by atoms with E-state index in [4.69, 9.17) is 16.7 Å². The van der Waals surface area contributed by atoms with Crippen molar-refractivity contribution < 1.29 is 4.52 Å². The van der Waals surface area contributed by atoms with E-state index in [1.807, 2.05) is 37.5 Å². The summed E-state index contributed by atoms with van der Waals surface area (Å²) in [5.41, 5.74) is 4.72. The summed E-state index contributed by atoms with van der Waals surface area (Å²) in [7, 11) is 0. The average Bonchev–Trinajstić information content (AvgIpc) is 2.88. The van der Waals surface area contributed by atoms with Gasteiger partial charge in [-0.3, -0.25) is 4.57 Å². The third kappa shape index (κ3) is 1.87. The van der Waals surface area contributed by atoms with Gasteiger partial charge in [0, 0.05) is 11.3 Å². The Morgan fingerprint density at radius 3 is 2.70 bits per heavy atom. The van der Waals surface area contributed by atoms with Crippen molar-refractivity contribution in [1.29, 1.82) is 0 Å². The minimum atomic E-state index is 0.0248. The summed E-state index contributed by atoms with van der Waals surface area (Å²) in [6.45, 7) is 7.92. The maximum absolute atomic E-state index is 5.45. The number of pyridine rings is 1. The Bertz CT molecular complexity index is 823. The molecule has 1 N–H and O–H groups in total. The van der Waals surface area contributed by atoms with Crippen molar-refractivity contribution in [2.24, 2.45) is 0 Å². The normalized spacial score (nSPS) is 13.0. The van der Waals surface area contributed by atoms with E-state index in [-0.39, 0.29) is 6.04 Å². The van der Waals surface area contributed by atoms with Gasteiger partial charge in [0.2, 0.25) is 0 Å². The molecule has 0 spiro atoms. The van der Waals surface area contributed by atoms with Crippen LogP contribution in [0.1, 0.15) is 35.7 Å². The van der Waals surface area contributed by atoms with E-state index in [0.717, 1.165) is 33.9 Å². The Morgan fingerprint density at radius 2 is 2.05 bits per heavy atom. The van der Waals surface area contributed by atoms with E-state index in [2.05, 4.69) is 22.0 Å². The van der Waals surface area contributed by atoms with Crippen LogP contribution in [0.15, 0.2) is 16.7 Å². The van der Waals surface area contributed by atoms with E-state index in [1.54, 1.807) is 0 Å². The van der Waals surface area contributed by atoms with E-state index >= 15 is 0 Å². The van der Waals surface area contributed by atoms with Crippen LogP contribution in [-0.4, -0.2) is 19.7 Å². The van der Waals surface area contributed by atoms with Gasteiger partial charge in [-0.2, -0.15) is 0 Å². The van der Waals surface area contributed by atoms with Gasteiger partial charge >= 0.3 is 0 Å². The standard InChI is InChI=1S/C14H16N4OS/c1-7-5-6-11-13(15-7)18(14(20)16-11)9(3)12-8(2)17-19-10(12)4/h5-6,9H,1-4H3,(H,16,20). The lowest BCUT2D eigenvalue weighted by Gasteiger charge is -2.14. The molecule has 0 aliphatic rings. The summed E-state index contributed by atoms with van der Waals surface area (Å²) in [6.07, 6.45) is 0. The maximum atomic E-state index is 5.45. The van der Waals surface area contributed by atoms with Crippen molar-refractivity contribution in [3.05, 3.63) is 39.6 Å². The smallest absolute Gasteiger partial charge is 0.179 e. The predicted octanol–water partition coefficient (Wildman–Crippen LogP) is 3.62. The van der Waals surface area contributed by atoms with E-state index in [9.17, 15) is 0 Å². The zero-order valence-corrected chi connectivity index (χ0v) is 12.7. The molecule has 5 nitrogen and oxygen atoms in total. The molecule has 0 aromatic carbocycles. The summed E-state index contributed by atoms with van der Waals surface area (Å²) in [5, 5.41) is 4.02. The van der Waals surface area contributed by atoms with Gasteiger partial charge in [-0.05, 0) is 52.0 Å². The second kappa shape index (κ2) is 4.56. The highest BCUT2D eigenvalue weighted by molar-refractivity contribution is 7.71. The molecule has 3 aromatic heterocycles. The van der Waals surface area contributed by atoms with Gasteiger partial charge < -0.3 is 9.51 Å². The molecule has 0 saturated heterocycles. The highest BCUT2D eigenvalue weighted by atomic mass is 32.1.